The van der Waals surface area contributed by atoms with Crippen molar-refractivity contribution in [3.63, 3.8) is 0 Å². The molecule has 0 aliphatic rings. The number of benzene rings is 2. The lowest BCUT2D eigenvalue weighted by Gasteiger charge is -2.13. The van der Waals surface area contributed by atoms with Gasteiger partial charge in [-0.3, -0.25) is 14.9 Å². The van der Waals surface area contributed by atoms with E-state index in [1.165, 1.54) is 33.5 Å². The van der Waals surface area contributed by atoms with Gasteiger partial charge in [0.05, 0.1) is 31.9 Å². The van der Waals surface area contributed by atoms with Crippen molar-refractivity contribution in [1.82, 2.24) is 4.57 Å². The Bertz CT molecular complexity index is 1020. The number of aromatic nitrogens is 1. The molecule has 0 N–H and O–H groups in total. The molecule has 2 aromatic carbocycles. The summed E-state index contributed by atoms with van der Waals surface area (Å²) < 4.78 is 17.5. The smallest absolute Gasteiger partial charge is 0.271 e. The molecule has 0 aliphatic carbocycles. The molecule has 0 saturated heterocycles. The second-order valence-electron chi connectivity index (χ2n) is 5.83. The Morgan fingerprint density at radius 3 is 2.21 bits per heavy atom. The molecule has 3 rings (SSSR count). The highest BCUT2D eigenvalue weighted by Gasteiger charge is 2.19. The number of nitro benzene ring substituents is 1. The first-order valence-electron chi connectivity index (χ1n) is 8.26. The normalized spacial score (nSPS) is 10.4. The minimum absolute atomic E-state index is 0.0243. The van der Waals surface area contributed by atoms with Crippen LogP contribution in [0.4, 0.5) is 5.69 Å². The zero-order chi connectivity index (χ0) is 20.3. The number of carbonyl (C=O) groups is 1. The van der Waals surface area contributed by atoms with Gasteiger partial charge in [-0.1, -0.05) is 6.07 Å². The Balaban J connectivity index is 1.97. The molecule has 0 bridgehead atoms. The molecule has 0 saturated carbocycles. The maximum atomic E-state index is 12.9. The number of non-ortho nitro benzene ring substituents is 1. The number of hydrogen-bond acceptors (Lipinski definition) is 6. The molecule has 1 heterocycles. The number of ether oxygens (including phenoxy) is 3. The lowest BCUT2D eigenvalue weighted by molar-refractivity contribution is -0.384. The summed E-state index contributed by atoms with van der Waals surface area (Å²) in [5.74, 6) is 0.908. The second kappa shape index (κ2) is 7.83. The maximum Gasteiger partial charge on any atom is 0.271 e. The zero-order valence-corrected chi connectivity index (χ0v) is 15.5. The van der Waals surface area contributed by atoms with Crippen LogP contribution in [0.2, 0.25) is 0 Å². The van der Waals surface area contributed by atoms with E-state index in [9.17, 15) is 14.9 Å². The van der Waals surface area contributed by atoms with Crippen LogP contribution in [0, 0.1) is 10.1 Å². The maximum absolute atomic E-state index is 12.9. The number of carbonyl (C=O) groups excluding carboxylic acids is 1. The van der Waals surface area contributed by atoms with Crippen molar-refractivity contribution >= 4 is 11.5 Å². The van der Waals surface area contributed by atoms with Gasteiger partial charge in [0.2, 0.25) is 5.75 Å². The molecular weight excluding hydrogens is 364 g/mol. The van der Waals surface area contributed by atoms with Crippen molar-refractivity contribution in [1.29, 1.82) is 0 Å². The first-order valence-corrected chi connectivity index (χ1v) is 8.26. The molecule has 144 valence electrons. The Kier molecular flexibility index (Phi) is 5.30. The van der Waals surface area contributed by atoms with Gasteiger partial charge in [0, 0.05) is 35.7 Å². The fourth-order valence-electron chi connectivity index (χ4n) is 2.84. The lowest BCUT2D eigenvalue weighted by atomic mass is 10.0. The summed E-state index contributed by atoms with van der Waals surface area (Å²) in [6, 6.07) is 11.0. The fourth-order valence-corrected chi connectivity index (χ4v) is 2.84. The van der Waals surface area contributed by atoms with E-state index in [1.807, 2.05) is 0 Å². The molecule has 0 fully saturated rings. The molecule has 8 heteroatoms. The SMILES string of the molecule is COc1cc(C(=O)c2ccn(-c3cccc([N+](=O)[O-])c3)c2)cc(OC)c1OC. The van der Waals surface area contributed by atoms with Crippen molar-refractivity contribution in [3.05, 3.63) is 76.1 Å². The van der Waals surface area contributed by atoms with Gasteiger partial charge in [0.15, 0.2) is 17.3 Å². The molecule has 0 spiro atoms. The molecule has 0 unspecified atom stereocenters. The molecule has 1 aromatic heterocycles. The third kappa shape index (κ3) is 3.52. The highest BCUT2D eigenvalue weighted by Crippen LogP contribution is 2.38. The number of ketones is 1. The van der Waals surface area contributed by atoms with E-state index in [-0.39, 0.29) is 11.5 Å². The molecule has 0 aliphatic heterocycles. The van der Waals surface area contributed by atoms with Crippen LogP contribution in [0.3, 0.4) is 0 Å². The van der Waals surface area contributed by atoms with Crippen molar-refractivity contribution in [2.75, 3.05) is 21.3 Å². The fraction of sp³-hybridized carbons (Fsp3) is 0.150. The molecule has 0 radical (unpaired) electrons. The number of nitrogens with zero attached hydrogens (tertiary/aromatic N) is 2. The summed E-state index contributed by atoms with van der Waals surface area (Å²) in [5.41, 5.74) is 1.34. The average Bonchev–Trinajstić information content (AvgIpc) is 3.22. The van der Waals surface area contributed by atoms with Gasteiger partial charge in [-0.05, 0) is 24.3 Å². The quantitative estimate of drug-likeness (QED) is 0.352. The van der Waals surface area contributed by atoms with Crippen molar-refractivity contribution in [2.45, 2.75) is 0 Å². The number of nitro groups is 1. The van der Waals surface area contributed by atoms with Crippen molar-refractivity contribution in [2.24, 2.45) is 0 Å². The second-order valence-corrected chi connectivity index (χ2v) is 5.83. The van der Waals surface area contributed by atoms with E-state index < -0.39 is 4.92 Å². The molecule has 8 nitrogen and oxygen atoms in total. The molecule has 3 aromatic rings. The Hall–Kier alpha value is -3.81. The Labute approximate surface area is 161 Å². The molecule has 28 heavy (non-hydrogen) atoms. The first kappa shape index (κ1) is 19.0. The average molecular weight is 382 g/mol. The van der Waals surface area contributed by atoms with Crippen molar-refractivity contribution in [3.8, 4) is 22.9 Å². The third-order valence-corrected chi connectivity index (χ3v) is 4.22. The van der Waals surface area contributed by atoms with Gasteiger partial charge in [-0.15, -0.1) is 0 Å². The first-order chi connectivity index (χ1) is 13.5. The molecule has 0 atom stereocenters. The van der Waals surface area contributed by atoms with Crippen LogP contribution < -0.4 is 14.2 Å². The van der Waals surface area contributed by atoms with Gasteiger partial charge >= 0.3 is 0 Å². The summed E-state index contributed by atoms with van der Waals surface area (Å²) in [4.78, 5) is 23.4. The minimum atomic E-state index is -0.463. The van der Waals surface area contributed by atoms with Crippen LogP contribution in [-0.2, 0) is 0 Å². The van der Waals surface area contributed by atoms with Crippen LogP contribution in [0.5, 0.6) is 17.2 Å². The third-order valence-electron chi connectivity index (χ3n) is 4.22. The van der Waals surface area contributed by atoms with Crippen LogP contribution in [0.1, 0.15) is 15.9 Å². The standard InChI is InChI=1S/C20H18N2O6/c1-26-17-9-14(10-18(27-2)20(17)28-3)19(23)13-7-8-21(12-13)15-5-4-6-16(11-15)22(24)25/h4-12H,1-3H3. The largest absolute Gasteiger partial charge is 0.493 e. The monoisotopic (exact) mass is 382 g/mol. The van der Waals surface area contributed by atoms with E-state index in [2.05, 4.69) is 0 Å². The van der Waals surface area contributed by atoms with E-state index in [1.54, 1.807) is 47.3 Å². The highest BCUT2D eigenvalue weighted by molar-refractivity contribution is 6.09. The van der Waals surface area contributed by atoms with E-state index in [0.29, 0.717) is 34.1 Å². The number of hydrogen-bond donors (Lipinski definition) is 0. The highest BCUT2D eigenvalue weighted by atomic mass is 16.6. The summed E-state index contributed by atoms with van der Waals surface area (Å²) in [6.45, 7) is 0. The van der Waals surface area contributed by atoms with Gasteiger partial charge in [0.25, 0.3) is 5.69 Å². The van der Waals surface area contributed by atoms with Crippen LogP contribution >= 0.6 is 0 Å². The number of rotatable bonds is 7. The van der Waals surface area contributed by atoms with E-state index >= 15 is 0 Å². The summed E-state index contributed by atoms with van der Waals surface area (Å²) >= 11 is 0. The van der Waals surface area contributed by atoms with Crippen LogP contribution in [0.25, 0.3) is 5.69 Å². The van der Waals surface area contributed by atoms with Gasteiger partial charge in [-0.2, -0.15) is 0 Å². The predicted molar refractivity (Wildman–Crippen MR) is 102 cm³/mol. The van der Waals surface area contributed by atoms with Gasteiger partial charge < -0.3 is 18.8 Å². The predicted octanol–water partition coefficient (Wildman–Crippen LogP) is 3.64. The topological polar surface area (TPSA) is 92.8 Å². The van der Waals surface area contributed by atoms with Crippen LogP contribution in [-0.4, -0.2) is 36.6 Å². The zero-order valence-electron chi connectivity index (χ0n) is 15.5. The summed E-state index contributed by atoms with van der Waals surface area (Å²) in [6.07, 6.45) is 3.29. The Morgan fingerprint density at radius 2 is 1.64 bits per heavy atom. The minimum Gasteiger partial charge on any atom is -0.493 e. The molecular formula is C20H18N2O6. The summed E-state index contributed by atoms with van der Waals surface area (Å²) in [7, 11) is 4.44. The van der Waals surface area contributed by atoms with Gasteiger partial charge in [0.1, 0.15) is 0 Å². The van der Waals surface area contributed by atoms with E-state index in [4.69, 9.17) is 14.2 Å². The van der Waals surface area contributed by atoms with E-state index in [0.717, 1.165) is 0 Å². The number of methoxy groups -OCH3 is 3. The van der Waals surface area contributed by atoms with Crippen LogP contribution in [0.15, 0.2) is 54.9 Å². The lowest BCUT2D eigenvalue weighted by Crippen LogP contribution is -2.03. The molecule has 0 amide bonds. The summed E-state index contributed by atoms with van der Waals surface area (Å²) in [5, 5.41) is 11.0. The van der Waals surface area contributed by atoms with Gasteiger partial charge in [-0.25, -0.2) is 0 Å². The van der Waals surface area contributed by atoms with Crippen molar-refractivity contribution < 1.29 is 23.9 Å². The Morgan fingerprint density at radius 1 is 0.964 bits per heavy atom.